The average molecular weight is 433 g/mol. The number of phenolic OH excluding ortho intramolecular Hbond substituents is 1. The summed E-state index contributed by atoms with van der Waals surface area (Å²) < 4.78 is 31.3. The zero-order chi connectivity index (χ0) is 21.7. The fourth-order valence-electron chi connectivity index (χ4n) is 3.35. The van der Waals surface area contributed by atoms with Crippen molar-refractivity contribution in [2.24, 2.45) is 0 Å². The van der Waals surface area contributed by atoms with Crippen molar-refractivity contribution in [3.8, 4) is 11.5 Å². The summed E-state index contributed by atoms with van der Waals surface area (Å²) in [5, 5.41) is 12.7. The number of hydrogen-bond donors (Lipinski definition) is 2. The second kappa shape index (κ2) is 9.38. The van der Waals surface area contributed by atoms with E-state index in [1.807, 2.05) is 32.0 Å². The molecule has 0 radical (unpaired) electrons. The molecule has 0 aliphatic carbocycles. The van der Waals surface area contributed by atoms with E-state index in [4.69, 9.17) is 4.74 Å². The topological polar surface area (TPSA) is 95.9 Å². The lowest BCUT2D eigenvalue weighted by atomic mass is 10.1. The minimum atomic E-state index is -3.32. The molecule has 3 rings (SSSR count). The maximum absolute atomic E-state index is 12.3. The summed E-state index contributed by atoms with van der Waals surface area (Å²) in [5.74, 6) is 0.637. The molecule has 7 nitrogen and oxygen atoms in total. The van der Waals surface area contributed by atoms with E-state index in [1.54, 1.807) is 6.07 Å². The van der Waals surface area contributed by atoms with Crippen LogP contribution in [0.4, 0.5) is 11.4 Å². The van der Waals surface area contributed by atoms with Crippen molar-refractivity contribution in [1.29, 1.82) is 0 Å². The van der Waals surface area contributed by atoms with E-state index in [0.717, 1.165) is 23.3 Å². The Balaban J connectivity index is 1.49. The summed E-state index contributed by atoms with van der Waals surface area (Å²) in [6.07, 6.45) is 2.20. The molecular formula is C22H28N2O5S. The monoisotopic (exact) mass is 432 g/mol. The van der Waals surface area contributed by atoms with Crippen LogP contribution in [0, 0.1) is 13.8 Å². The standard InChI is InChI=1S/C22H28N2O5S/c1-16-7-8-17(2)21(14-16)29-12-4-3-6-22(26)23-19-15-18(9-10-20(19)25)24-11-5-13-30(24,27)28/h7-10,14-15,25H,3-6,11-13H2,1-2H3,(H,23,26). The Hall–Kier alpha value is -2.74. The number of amides is 1. The fraction of sp³-hybridized carbons (Fsp3) is 0.409. The van der Waals surface area contributed by atoms with Crippen LogP contribution in [0.3, 0.4) is 0 Å². The van der Waals surface area contributed by atoms with E-state index in [0.29, 0.717) is 31.7 Å². The van der Waals surface area contributed by atoms with Crippen LogP contribution in [0.2, 0.25) is 0 Å². The number of benzene rings is 2. The first-order valence-electron chi connectivity index (χ1n) is 10.1. The van der Waals surface area contributed by atoms with Gasteiger partial charge < -0.3 is 15.2 Å². The molecule has 1 fully saturated rings. The largest absolute Gasteiger partial charge is 0.506 e. The molecular weight excluding hydrogens is 404 g/mol. The lowest BCUT2D eigenvalue weighted by molar-refractivity contribution is -0.116. The summed E-state index contributed by atoms with van der Waals surface area (Å²) >= 11 is 0. The molecule has 0 spiro atoms. The number of nitrogens with zero attached hydrogens (tertiary/aromatic N) is 1. The van der Waals surface area contributed by atoms with Gasteiger partial charge in [-0.05, 0) is 68.5 Å². The zero-order valence-corrected chi connectivity index (χ0v) is 18.2. The molecule has 1 saturated heterocycles. The highest BCUT2D eigenvalue weighted by Gasteiger charge is 2.28. The van der Waals surface area contributed by atoms with E-state index >= 15 is 0 Å². The van der Waals surface area contributed by atoms with Crippen molar-refractivity contribution in [3.05, 3.63) is 47.5 Å². The van der Waals surface area contributed by atoms with Gasteiger partial charge >= 0.3 is 0 Å². The van der Waals surface area contributed by atoms with E-state index in [9.17, 15) is 18.3 Å². The molecule has 0 saturated carbocycles. The zero-order valence-electron chi connectivity index (χ0n) is 17.3. The SMILES string of the molecule is Cc1ccc(C)c(OCCCCC(=O)Nc2cc(N3CCCS3(=O)=O)ccc2O)c1. The Labute approximate surface area is 177 Å². The van der Waals surface area contributed by atoms with Crippen LogP contribution in [0.1, 0.15) is 36.8 Å². The van der Waals surface area contributed by atoms with Crippen LogP contribution in [0.15, 0.2) is 36.4 Å². The molecule has 8 heteroatoms. The van der Waals surface area contributed by atoms with Crippen LogP contribution in [0.25, 0.3) is 0 Å². The van der Waals surface area contributed by atoms with Crippen LogP contribution in [-0.4, -0.2) is 38.3 Å². The van der Waals surface area contributed by atoms with Gasteiger partial charge in [-0.1, -0.05) is 12.1 Å². The molecule has 2 aromatic rings. The lowest BCUT2D eigenvalue weighted by Gasteiger charge is -2.18. The third kappa shape index (κ3) is 5.44. The molecule has 1 amide bonds. The summed E-state index contributed by atoms with van der Waals surface area (Å²) in [5.41, 5.74) is 2.88. The molecule has 2 aromatic carbocycles. The Bertz CT molecular complexity index is 1020. The predicted molar refractivity (Wildman–Crippen MR) is 118 cm³/mol. The number of aromatic hydroxyl groups is 1. The van der Waals surface area contributed by atoms with Gasteiger partial charge in [0.15, 0.2) is 0 Å². The van der Waals surface area contributed by atoms with Crippen LogP contribution in [-0.2, 0) is 14.8 Å². The second-order valence-electron chi connectivity index (χ2n) is 7.57. The first-order chi connectivity index (χ1) is 14.3. The Morgan fingerprint density at radius 3 is 2.70 bits per heavy atom. The number of carbonyl (C=O) groups excluding carboxylic acids is 1. The quantitative estimate of drug-likeness (QED) is 0.489. The molecule has 2 N–H and O–H groups in total. The number of anilines is 2. The molecule has 0 bridgehead atoms. The number of nitrogens with one attached hydrogen (secondary N) is 1. The normalized spacial score (nSPS) is 15.2. The number of carbonyl (C=O) groups is 1. The maximum atomic E-state index is 12.3. The number of sulfonamides is 1. The number of unbranched alkanes of at least 4 members (excludes halogenated alkanes) is 1. The minimum Gasteiger partial charge on any atom is -0.506 e. The van der Waals surface area contributed by atoms with Crippen molar-refractivity contribution in [3.63, 3.8) is 0 Å². The smallest absolute Gasteiger partial charge is 0.235 e. The van der Waals surface area contributed by atoms with Crippen LogP contribution >= 0.6 is 0 Å². The van der Waals surface area contributed by atoms with Gasteiger partial charge in [0.1, 0.15) is 11.5 Å². The Morgan fingerprint density at radius 2 is 1.97 bits per heavy atom. The molecule has 30 heavy (non-hydrogen) atoms. The van der Waals surface area contributed by atoms with Crippen LogP contribution < -0.4 is 14.4 Å². The Kier molecular flexibility index (Phi) is 6.87. The van der Waals surface area contributed by atoms with Gasteiger partial charge in [-0.25, -0.2) is 8.42 Å². The number of rotatable bonds is 8. The highest BCUT2D eigenvalue weighted by molar-refractivity contribution is 7.93. The van der Waals surface area contributed by atoms with Gasteiger partial charge in [-0.3, -0.25) is 9.10 Å². The second-order valence-corrected chi connectivity index (χ2v) is 9.58. The number of hydrogen-bond acceptors (Lipinski definition) is 5. The molecule has 1 aliphatic rings. The molecule has 0 unspecified atom stereocenters. The van der Waals surface area contributed by atoms with Gasteiger partial charge in [-0.2, -0.15) is 0 Å². The van der Waals surface area contributed by atoms with Gasteiger partial charge in [0, 0.05) is 13.0 Å². The minimum absolute atomic E-state index is 0.0954. The van der Waals surface area contributed by atoms with Gasteiger partial charge in [0.05, 0.1) is 23.7 Å². The molecule has 0 aromatic heterocycles. The van der Waals surface area contributed by atoms with Crippen molar-refractivity contribution >= 4 is 27.3 Å². The van der Waals surface area contributed by atoms with E-state index in [2.05, 4.69) is 5.32 Å². The van der Waals surface area contributed by atoms with Gasteiger partial charge in [0.25, 0.3) is 0 Å². The third-order valence-electron chi connectivity index (χ3n) is 5.04. The fourth-order valence-corrected chi connectivity index (χ4v) is 4.91. The van der Waals surface area contributed by atoms with Gasteiger partial charge in [0.2, 0.25) is 15.9 Å². The predicted octanol–water partition coefficient (Wildman–Crippen LogP) is 3.74. The molecule has 1 aliphatic heterocycles. The molecule has 1 heterocycles. The third-order valence-corrected chi connectivity index (χ3v) is 6.91. The summed E-state index contributed by atoms with van der Waals surface area (Å²) in [4.78, 5) is 12.3. The van der Waals surface area contributed by atoms with Crippen molar-refractivity contribution < 1.29 is 23.1 Å². The van der Waals surface area contributed by atoms with Crippen LogP contribution in [0.5, 0.6) is 11.5 Å². The summed E-state index contributed by atoms with van der Waals surface area (Å²) in [7, 11) is -3.32. The summed E-state index contributed by atoms with van der Waals surface area (Å²) in [6.45, 7) is 4.93. The number of phenols is 1. The van der Waals surface area contributed by atoms with E-state index in [1.165, 1.54) is 16.4 Å². The summed E-state index contributed by atoms with van der Waals surface area (Å²) in [6, 6.07) is 10.5. The van der Waals surface area contributed by atoms with Crippen molar-refractivity contribution in [2.75, 3.05) is 28.5 Å². The average Bonchev–Trinajstić information content (AvgIpc) is 3.05. The number of aryl methyl sites for hydroxylation is 2. The lowest BCUT2D eigenvalue weighted by Crippen LogP contribution is -2.25. The van der Waals surface area contributed by atoms with Crippen molar-refractivity contribution in [1.82, 2.24) is 0 Å². The highest BCUT2D eigenvalue weighted by atomic mass is 32.2. The molecule has 0 atom stereocenters. The highest BCUT2D eigenvalue weighted by Crippen LogP contribution is 2.32. The Morgan fingerprint density at radius 1 is 1.17 bits per heavy atom. The number of ether oxygens (including phenoxy) is 1. The first-order valence-corrected chi connectivity index (χ1v) is 11.7. The molecule has 162 valence electrons. The van der Waals surface area contributed by atoms with E-state index < -0.39 is 10.0 Å². The maximum Gasteiger partial charge on any atom is 0.235 e. The first kappa shape index (κ1) is 22.0. The van der Waals surface area contributed by atoms with Crippen molar-refractivity contribution in [2.45, 2.75) is 39.5 Å². The van der Waals surface area contributed by atoms with E-state index in [-0.39, 0.29) is 29.5 Å². The van der Waals surface area contributed by atoms with Gasteiger partial charge in [-0.15, -0.1) is 0 Å².